The van der Waals surface area contributed by atoms with Gasteiger partial charge in [-0.15, -0.1) is 0 Å². The molecule has 246 valence electrons. The first-order valence-electron chi connectivity index (χ1n) is 14.8. The van der Waals surface area contributed by atoms with Gasteiger partial charge in [0.25, 0.3) is 0 Å². The van der Waals surface area contributed by atoms with Gasteiger partial charge in [0.2, 0.25) is 5.91 Å². The van der Waals surface area contributed by atoms with Crippen molar-refractivity contribution in [3.8, 4) is 6.07 Å². The molecule has 1 amide bonds. The molecule has 0 aliphatic carbocycles. The maximum Gasteiger partial charge on any atom is 0.416 e. The third-order valence-electron chi connectivity index (χ3n) is 7.28. The summed E-state index contributed by atoms with van der Waals surface area (Å²) < 4.78 is 43.7. The Balaban J connectivity index is 1.55. The monoisotopic (exact) mass is 700 g/mol. The molecule has 13 heteroatoms. The molecule has 47 heavy (non-hydrogen) atoms. The van der Waals surface area contributed by atoms with Gasteiger partial charge >= 0.3 is 6.18 Å². The maximum absolute atomic E-state index is 14.0. The highest BCUT2D eigenvalue weighted by atomic mass is 35.5. The Morgan fingerprint density at radius 1 is 1.11 bits per heavy atom. The summed E-state index contributed by atoms with van der Waals surface area (Å²) in [5.74, 6) is -0.119. The van der Waals surface area contributed by atoms with Crippen molar-refractivity contribution in [2.45, 2.75) is 52.0 Å². The Hall–Kier alpha value is -4.11. The summed E-state index contributed by atoms with van der Waals surface area (Å²) in [5, 5.41) is 16.0. The fraction of sp³-hybridized carbons (Fsp3) is 0.294. The number of nitrogens with one attached hydrogen (secondary N) is 2. The fourth-order valence-corrected chi connectivity index (χ4v) is 5.83. The number of amides is 1. The molecular weight excluding hydrogens is 668 g/mol. The second-order valence-electron chi connectivity index (χ2n) is 11.5. The lowest BCUT2D eigenvalue weighted by Crippen LogP contribution is -2.48. The third kappa shape index (κ3) is 10.4. The molecule has 0 saturated heterocycles. The number of thiocarbonyl (C=S) groups is 1. The number of hydrogen-bond donors (Lipinski definition) is 2. The first-order valence-corrected chi connectivity index (χ1v) is 15.9. The van der Waals surface area contributed by atoms with Crippen LogP contribution >= 0.6 is 35.4 Å². The Morgan fingerprint density at radius 3 is 2.49 bits per heavy atom. The molecule has 3 aromatic carbocycles. The minimum atomic E-state index is -4.57. The van der Waals surface area contributed by atoms with E-state index in [0.717, 1.165) is 11.6 Å². The molecule has 0 aliphatic rings. The summed E-state index contributed by atoms with van der Waals surface area (Å²) in [6.07, 6.45) is -0.736. The Kier molecular flexibility index (Phi) is 12.3. The van der Waals surface area contributed by atoms with E-state index < -0.39 is 17.8 Å². The van der Waals surface area contributed by atoms with Crippen LogP contribution in [0, 0.1) is 17.2 Å². The molecule has 4 rings (SSSR count). The van der Waals surface area contributed by atoms with E-state index in [2.05, 4.69) is 21.7 Å². The fourth-order valence-electron chi connectivity index (χ4n) is 5.12. The standard InChI is InChI=1S/C34H33Cl2F3N6OS/c1-22(2)13-27(42-32(46)15-28-17-41-21-45(28)18-24-9-7-23(16-40)8-10-24)20-44(19-25-5-3-4-6-29(25)34(37,38)39)33(47)43-31-12-11-26(35)14-30(31)36/h3-12,14,17,21-22,27H,13,15,18-20H2,1-2H3,(H,42,46)(H,43,47)/t27-/m0/s1. The number of halogens is 5. The third-order valence-corrected chi connectivity index (χ3v) is 8.19. The topological polar surface area (TPSA) is 86.0 Å². The number of hydrogen-bond acceptors (Lipinski definition) is 4. The van der Waals surface area contributed by atoms with Crippen LogP contribution in [0.3, 0.4) is 0 Å². The van der Waals surface area contributed by atoms with E-state index in [1.165, 1.54) is 18.2 Å². The van der Waals surface area contributed by atoms with E-state index in [9.17, 15) is 18.0 Å². The number of aromatic nitrogens is 2. The average Bonchev–Trinajstić information content (AvgIpc) is 3.43. The molecular formula is C34H33Cl2F3N6OS. The van der Waals surface area contributed by atoms with Crippen molar-refractivity contribution in [1.29, 1.82) is 5.26 Å². The van der Waals surface area contributed by atoms with Gasteiger partial charge in [0.05, 0.1) is 40.7 Å². The minimum Gasteiger partial charge on any atom is -0.351 e. The summed E-state index contributed by atoms with van der Waals surface area (Å²) in [6.45, 7) is 4.41. The van der Waals surface area contributed by atoms with Crippen LogP contribution in [0.1, 0.15) is 48.2 Å². The van der Waals surface area contributed by atoms with E-state index in [1.807, 2.05) is 30.5 Å². The summed E-state index contributed by atoms with van der Waals surface area (Å²) in [5.41, 5.74) is 1.88. The zero-order chi connectivity index (χ0) is 34.1. The Labute approximate surface area is 287 Å². The van der Waals surface area contributed by atoms with Crippen molar-refractivity contribution in [2.75, 3.05) is 11.9 Å². The number of benzene rings is 3. The largest absolute Gasteiger partial charge is 0.416 e. The van der Waals surface area contributed by atoms with Crippen LogP contribution < -0.4 is 10.6 Å². The molecule has 0 spiro atoms. The quantitative estimate of drug-likeness (QED) is 0.145. The molecule has 1 aromatic heterocycles. The van der Waals surface area contributed by atoms with Crippen LogP contribution in [0.25, 0.3) is 0 Å². The molecule has 1 heterocycles. The van der Waals surface area contributed by atoms with Crippen LogP contribution in [-0.4, -0.2) is 38.1 Å². The van der Waals surface area contributed by atoms with Gasteiger partial charge in [-0.2, -0.15) is 18.4 Å². The van der Waals surface area contributed by atoms with Gasteiger partial charge in [0, 0.05) is 42.6 Å². The van der Waals surface area contributed by atoms with Gasteiger partial charge < -0.3 is 20.1 Å². The second kappa shape index (κ2) is 16.1. The first kappa shape index (κ1) is 35.7. The molecule has 0 saturated carbocycles. The molecule has 0 bridgehead atoms. The van der Waals surface area contributed by atoms with Gasteiger partial charge in [-0.3, -0.25) is 4.79 Å². The number of alkyl halides is 3. The normalized spacial score (nSPS) is 12.0. The number of nitriles is 1. The van der Waals surface area contributed by atoms with Crippen molar-refractivity contribution in [3.63, 3.8) is 0 Å². The smallest absolute Gasteiger partial charge is 0.351 e. The lowest BCUT2D eigenvalue weighted by atomic mass is 10.0. The molecule has 4 aromatic rings. The van der Waals surface area contributed by atoms with Crippen molar-refractivity contribution >= 4 is 52.1 Å². The summed E-state index contributed by atoms with van der Waals surface area (Å²) in [4.78, 5) is 19.2. The highest BCUT2D eigenvalue weighted by molar-refractivity contribution is 7.80. The van der Waals surface area contributed by atoms with Gasteiger partial charge in [-0.1, -0.05) is 67.4 Å². The molecule has 1 atom stereocenters. The van der Waals surface area contributed by atoms with Gasteiger partial charge in [0.1, 0.15) is 0 Å². The molecule has 0 radical (unpaired) electrons. The lowest BCUT2D eigenvalue weighted by molar-refractivity contribution is -0.138. The van der Waals surface area contributed by atoms with Crippen LogP contribution in [-0.2, 0) is 30.5 Å². The van der Waals surface area contributed by atoms with Crippen LogP contribution in [0.4, 0.5) is 18.9 Å². The number of nitrogens with zero attached hydrogens (tertiary/aromatic N) is 4. The van der Waals surface area contributed by atoms with E-state index in [0.29, 0.717) is 40.0 Å². The van der Waals surface area contributed by atoms with Gasteiger partial charge in [-0.05, 0) is 72.1 Å². The van der Waals surface area contributed by atoms with E-state index in [4.69, 9.17) is 40.7 Å². The zero-order valence-electron chi connectivity index (χ0n) is 25.7. The average molecular weight is 702 g/mol. The Bertz CT molecular complexity index is 1740. The predicted molar refractivity (Wildman–Crippen MR) is 182 cm³/mol. The van der Waals surface area contributed by atoms with Crippen LogP contribution in [0.2, 0.25) is 10.0 Å². The Morgan fingerprint density at radius 2 is 1.83 bits per heavy atom. The van der Waals surface area contributed by atoms with Crippen LogP contribution in [0.5, 0.6) is 0 Å². The molecule has 0 aliphatic heterocycles. The van der Waals surface area contributed by atoms with E-state index in [1.54, 1.807) is 47.8 Å². The van der Waals surface area contributed by atoms with E-state index in [-0.39, 0.29) is 42.0 Å². The minimum absolute atomic E-state index is 0.0326. The number of imidazole rings is 1. The first-order chi connectivity index (χ1) is 22.3. The van der Waals surface area contributed by atoms with Crippen molar-refractivity contribution in [2.24, 2.45) is 5.92 Å². The van der Waals surface area contributed by atoms with E-state index >= 15 is 0 Å². The lowest BCUT2D eigenvalue weighted by Gasteiger charge is -2.32. The molecule has 0 fully saturated rings. The highest BCUT2D eigenvalue weighted by Crippen LogP contribution is 2.33. The summed E-state index contributed by atoms with van der Waals surface area (Å²) >= 11 is 18.1. The number of anilines is 1. The predicted octanol–water partition coefficient (Wildman–Crippen LogP) is 8.10. The van der Waals surface area contributed by atoms with Crippen molar-refractivity contribution < 1.29 is 18.0 Å². The summed E-state index contributed by atoms with van der Waals surface area (Å²) in [7, 11) is 0. The maximum atomic E-state index is 14.0. The number of carbonyl (C=O) groups is 1. The molecule has 0 unspecified atom stereocenters. The van der Waals surface area contributed by atoms with Crippen molar-refractivity contribution in [1.82, 2.24) is 19.8 Å². The zero-order valence-corrected chi connectivity index (χ0v) is 28.0. The SMILES string of the molecule is CC(C)C[C@@H](CN(Cc1ccccc1C(F)(F)F)C(=S)Nc1ccc(Cl)cc1Cl)NC(=O)Cc1cncn1Cc1ccc(C#N)cc1. The highest BCUT2D eigenvalue weighted by Gasteiger charge is 2.34. The molecule has 7 nitrogen and oxygen atoms in total. The van der Waals surface area contributed by atoms with Crippen LogP contribution in [0.15, 0.2) is 79.3 Å². The van der Waals surface area contributed by atoms with Crippen molar-refractivity contribution in [3.05, 3.63) is 117 Å². The second-order valence-corrected chi connectivity index (χ2v) is 12.7. The molecule has 2 N–H and O–H groups in total. The summed E-state index contributed by atoms with van der Waals surface area (Å²) in [6, 6.07) is 18.9. The van der Waals surface area contributed by atoms with Gasteiger partial charge in [0.15, 0.2) is 5.11 Å². The van der Waals surface area contributed by atoms with Gasteiger partial charge in [-0.25, -0.2) is 4.98 Å². The number of rotatable bonds is 12. The number of carbonyl (C=O) groups excluding carboxylic acids is 1.